The summed E-state index contributed by atoms with van der Waals surface area (Å²) in [6.45, 7) is 1.17. The van der Waals surface area contributed by atoms with E-state index in [-0.39, 0.29) is 22.7 Å². The first-order chi connectivity index (χ1) is 15.7. The molecule has 2 aromatic carbocycles. The number of ether oxygens (including phenoxy) is 3. The van der Waals surface area contributed by atoms with Crippen LogP contribution in [0.4, 0.5) is 24.5 Å². The molecule has 33 heavy (non-hydrogen) atoms. The minimum absolute atomic E-state index is 0.0172. The average molecular weight is 466 g/mol. The first kappa shape index (κ1) is 23.9. The van der Waals surface area contributed by atoms with Crippen LogP contribution in [-0.4, -0.2) is 50.3 Å². The minimum Gasteiger partial charge on any atom is -0.493 e. The van der Waals surface area contributed by atoms with Gasteiger partial charge in [-0.2, -0.15) is 13.2 Å². The second-order valence-corrected chi connectivity index (χ2v) is 6.97. The Morgan fingerprint density at radius 2 is 1.88 bits per heavy atom. The van der Waals surface area contributed by atoms with Crippen LogP contribution in [0.2, 0.25) is 0 Å². The number of nitrogens with zero attached hydrogens (tertiary/aromatic N) is 1. The number of fused-ring (bicyclic) bond motifs is 1. The number of carbonyl (C=O) groups is 3. The van der Waals surface area contributed by atoms with E-state index in [1.165, 1.54) is 49.6 Å². The van der Waals surface area contributed by atoms with Gasteiger partial charge in [0.1, 0.15) is 6.04 Å². The fourth-order valence-corrected chi connectivity index (χ4v) is 3.35. The molecule has 0 bridgehead atoms. The van der Waals surface area contributed by atoms with E-state index in [1.807, 2.05) is 0 Å². The van der Waals surface area contributed by atoms with Crippen molar-refractivity contribution in [2.45, 2.75) is 25.6 Å². The van der Waals surface area contributed by atoms with Crippen LogP contribution in [0.15, 0.2) is 42.5 Å². The Bertz CT molecular complexity index is 1060. The van der Waals surface area contributed by atoms with Gasteiger partial charge in [0.25, 0.3) is 5.91 Å². The molecule has 1 aliphatic rings. The van der Waals surface area contributed by atoms with Crippen LogP contribution in [0.3, 0.4) is 0 Å². The quantitative estimate of drug-likeness (QED) is 0.655. The van der Waals surface area contributed by atoms with E-state index in [2.05, 4.69) is 5.32 Å². The number of para-hydroxylation sites is 2. The number of amides is 2. The lowest BCUT2D eigenvalue weighted by atomic mass is 10.1. The van der Waals surface area contributed by atoms with Gasteiger partial charge in [0, 0.05) is 0 Å². The second kappa shape index (κ2) is 9.80. The van der Waals surface area contributed by atoms with Crippen LogP contribution in [-0.2, 0) is 14.3 Å². The number of anilines is 2. The van der Waals surface area contributed by atoms with Crippen molar-refractivity contribution in [3.05, 3.63) is 48.0 Å². The van der Waals surface area contributed by atoms with Crippen molar-refractivity contribution in [2.24, 2.45) is 0 Å². The number of carbonyl (C=O) groups excluding carboxylic acids is 3. The SMILES string of the molecule is CCOc1ccc(C(=O)OCC(=O)N2c3ccccc3NC(=O)CC2C(F)(F)F)cc1OC. The highest BCUT2D eigenvalue weighted by molar-refractivity contribution is 6.05. The molecule has 2 amide bonds. The summed E-state index contributed by atoms with van der Waals surface area (Å²) in [7, 11) is 1.37. The van der Waals surface area contributed by atoms with E-state index in [9.17, 15) is 27.6 Å². The molecule has 0 saturated carbocycles. The Morgan fingerprint density at radius 3 is 2.55 bits per heavy atom. The molecular formula is C22H21F3N2O6. The number of hydrogen-bond acceptors (Lipinski definition) is 6. The van der Waals surface area contributed by atoms with Crippen LogP contribution in [0, 0.1) is 0 Å². The summed E-state index contributed by atoms with van der Waals surface area (Å²) in [5.74, 6) is -2.32. The van der Waals surface area contributed by atoms with E-state index in [0.717, 1.165) is 0 Å². The Morgan fingerprint density at radius 1 is 1.15 bits per heavy atom. The lowest BCUT2D eigenvalue weighted by Gasteiger charge is -2.31. The van der Waals surface area contributed by atoms with Gasteiger partial charge in [0.15, 0.2) is 18.1 Å². The van der Waals surface area contributed by atoms with E-state index in [4.69, 9.17) is 14.2 Å². The van der Waals surface area contributed by atoms with Gasteiger partial charge in [-0.15, -0.1) is 0 Å². The Hall–Kier alpha value is -3.76. The summed E-state index contributed by atoms with van der Waals surface area (Å²) in [5, 5.41) is 2.36. The van der Waals surface area contributed by atoms with E-state index in [0.29, 0.717) is 17.3 Å². The van der Waals surface area contributed by atoms with Crippen molar-refractivity contribution in [1.29, 1.82) is 0 Å². The summed E-state index contributed by atoms with van der Waals surface area (Å²) in [5.41, 5.74) is -0.0804. The topological polar surface area (TPSA) is 94.2 Å². The highest BCUT2D eigenvalue weighted by Gasteiger charge is 2.49. The second-order valence-electron chi connectivity index (χ2n) is 6.97. The van der Waals surface area contributed by atoms with Crippen molar-refractivity contribution >= 4 is 29.2 Å². The number of hydrogen-bond donors (Lipinski definition) is 1. The molecule has 0 fully saturated rings. The highest BCUT2D eigenvalue weighted by atomic mass is 19.4. The largest absolute Gasteiger partial charge is 0.493 e. The van der Waals surface area contributed by atoms with Gasteiger partial charge in [-0.3, -0.25) is 14.5 Å². The summed E-state index contributed by atoms with van der Waals surface area (Å²) in [6, 6.07) is 7.36. The maximum atomic E-state index is 13.7. The lowest BCUT2D eigenvalue weighted by molar-refractivity contribution is -0.158. The van der Waals surface area contributed by atoms with Crippen LogP contribution >= 0.6 is 0 Å². The first-order valence-electron chi connectivity index (χ1n) is 9.91. The molecule has 1 atom stereocenters. The number of halogens is 3. The number of methoxy groups -OCH3 is 1. The van der Waals surface area contributed by atoms with Gasteiger partial charge in [0.2, 0.25) is 5.91 Å². The van der Waals surface area contributed by atoms with E-state index in [1.54, 1.807) is 6.92 Å². The molecule has 1 unspecified atom stereocenters. The third-order valence-corrected chi connectivity index (χ3v) is 4.80. The van der Waals surface area contributed by atoms with Gasteiger partial charge in [-0.1, -0.05) is 12.1 Å². The van der Waals surface area contributed by atoms with Crippen LogP contribution in [0.1, 0.15) is 23.7 Å². The molecule has 3 rings (SSSR count). The van der Waals surface area contributed by atoms with Crippen molar-refractivity contribution in [3.8, 4) is 11.5 Å². The number of rotatable bonds is 6. The number of esters is 1. The molecule has 1 N–H and O–H groups in total. The fourth-order valence-electron chi connectivity index (χ4n) is 3.35. The van der Waals surface area contributed by atoms with Crippen molar-refractivity contribution in [2.75, 3.05) is 30.5 Å². The summed E-state index contributed by atoms with van der Waals surface area (Å²) >= 11 is 0. The Kier molecular flexibility index (Phi) is 7.10. The number of nitrogens with one attached hydrogen (secondary N) is 1. The normalized spacial score (nSPS) is 15.7. The predicted molar refractivity (Wildman–Crippen MR) is 111 cm³/mol. The van der Waals surface area contributed by atoms with Gasteiger partial charge in [-0.05, 0) is 37.3 Å². The molecule has 8 nitrogen and oxygen atoms in total. The third-order valence-electron chi connectivity index (χ3n) is 4.80. The molecule has 11 heteroatoms. The summed E-state index contributed by atoms with van der Waals surface area (Å²) < 4.78 is 56.7. The predicted octanol–water partition coefficient (Wildman–Crippen LogP) is 3.56. The fraction of sp³-hybridized carbons (Fsp3) is 0.318. The van der Waals surface area contributed by atoms with E-state index >= 15 is 0 Å². The molecule has 1 heterocycles. The molecule has 2 aromatic rings. The summed E-state index contributed by atoms with van der Waals surface area (Å²) in [4.78, 5) is 37.7. The molecule has 0 aliphatic carbocycles. The molecule has 0 saturated heterocycles. The third kappa shape index (κ3) is 5.36. The van der Waals surface area contributed by atoms with Crippen molar-refractivity contribution in [1.82, 2.24) is 0 Å². The van der Waals surface area contributed by atoms with Crippen molar-refractivity contribution in [3.63, 3.8) is 0 Å². The van der Waals surface area contributed by atoms with Crippen LogP contribution < -0.4 is 19.7 Å². The lowest BCUT2D eigenvalue weighted by Crippen LogP contribution is -2.51. The average Bonchev–Trinajstić information content (AvgIpc) is 2.93. The van der Waals surface area contributed by atoms with Gasteiger partial charge >= 0.3 is 12.1 Å². The van der Waals surface area contributed by atoms with Gasteiger partial charge < -0.3 is 19.5 Å². The summed E-state index contributed by atoms with van der Waals surface area (Å²) in [6.07, 6.45) is -5.88. The Balaban J connectivity index is 1.83. The van der Waals surface area contributed by atoms with Crippen molar-refractivity contribution < 1.29 is 41.8 Å². The maximum Gasteiger partial charge on any atom is 0.409 e. The first-order valence-corrected chi connectivity index (χ1v) is 9.91. The minimum atomic E-state index is -4.89. The number of alkyl halides is 3. The zero-order valence-electron chi connectivity index (χ0n) is 17.8. The van der Waals surface area contributed by atoms with Crippen LogP contribution in [0.25, 0.3) is 0 Å². The van der Waals surface area contributed by atoms with Gasteiger partial charge in [-0.25, -0.2) is 4.79 Å². The monoisotopic (exact) mass is 466 g/mol. The molecule has 176 valence electrons. The smallest absolute Gasteiger partial charge is 0.409 e. The van der Waals surface area contributed by atoms with Gasteiger partial charge in [0.05, 0.1) is 37.1 Å². The maximum absolute atomic E-state index is 13.7. The highest BCUT2D eigenvalue weighted by Crippen LogP contribution is 2.37. The van der Waals surface area contributed by atoms with Crippen LogP contribution in [0.5, 0.6) is 11.5 Å². The number of benzene rings is 2. The molecule has 0 spiro atoms. The molecule has 1 aliphatic heterocycles. The molecule has 0 aromatic heterocycles. The van der Waals surface area contributed by atoms with E-state index < -0.39 is 43.0 Å². The Labute approximate surface area is 187 Å². The standard InChI is InChI=1S/C22H21F3N2O6/c1-3-32-16-9-8-13(10-17(16)31-2)21(30)33-12-20(29)27-15-7-5-4-6-14(15)26-19(28)11-18(27)22(23,24)25/h4-10,18H,3,11-12H2,1-2H3,(H,26,28). The molecule has 0 radical (unpaired) electrons. The zero-order chi connectivity index (χ0) is 24.2. The zero-order valence-corrected chi connectivity index (χ0v) is 17.8. The molecular weight excluding hydrogens is 445 g/mol.